The van der Waals surface area contributed by atoms with Gasteiger partial charge in [0.15, 0.2) is 0 Å². The van der Waals surface area contributed by atoms with Gasteiger partial charge in [0, 0.05) is 36.9 Å². The highest BCUT2D eigenvalue weighted by atomic mass is 15.2. The topological polar surface area (TPSA) is 25.5 Å². The molecule has 0 bridgehead atoms. The predicted molar refractivity (Wildman–Crippen MR) is 116 cm³/mol. The molecule has 0 radical (unpaired) electrons. The Morgan fingerprint density at radius 2 is 1.89 bits per heavy atom. The first-order valence-electron chi connectivity index (χ1n) is 10.7. The second-order valence-electron chi connectivity index (χ2n) is 8.66. The second kappa shape index (κ2) is 9.22. The predicted octanol–water partition coefficient (Wildman–Crippen LogP) is 4.19. The van der Waals surface area contributed by atoms with Crippen molar-refractivity contribution in [1.82, 2.24) is 19.7 Å². The maximum absolute atomic E-state index is 3.39. The molecule has 0 unspecified atom stereocenters. The van der Waals surface area contributed by atoms with Crippen LogP contribution in [0.3, 0.4) is 0 Å². The first-order chi connectivity index (χ1) is 13.0. The lowest BCUT2D eigenvalue weighted by atomic mass is 9.82. The van der Waals surface area contributed by atoms with Crippen molar-refractivity contribution < 1.29 is 0 Å². The van der Waals surface area contributed by atoms with Crippen molar-refractivity contribution in [2.45, 2.75) is 51.1 Å². The van der Waals surface area contributed by atoms with Crippen molar-refractivity contribution in [3.63, 3.8) is 0 Å². The SMILES string of the molecule is CCCCC1(N(C)C)CCN(CCN(C)Cc2cccc3cc[nH]c23)CC1. The number of likely N-dealkylation sites (tertiary alicyclic amines) is 1. The van der Waals surface area contributed by atoms with E-state index in [4.69, 9.17) is 0 Å². The molecule has 1 aromatic carbocycles. The standard InChI is InChI=1S/C23H38N4/c1-5-6-11-23(25(2)3)12-15-27(16-13-23)18-17-26(4)19-21-9-7-8-20-10-14-24-22(20)21/h7-10,14,24H,5-6,11-13,15-19H2,1-4H3. The number of hydrogen-bond donors (Lipinski definition) is 1. The number of benzene rings is 1. The van der Waals surface area contributed by atoms with E-state index in [0.717, 1.165) is 13.1 Å². The lowest BCUT2D eigenvalue weighted by Gasteiger charge is -2.46. The smallest absolute Gasteiger partial charge is 0.0499 e. The summed E-state index contributed by atoms with van der Waals surface area (Å²) in [6, 6.07) is 8.75. The number of H-pyrrole nitrogens is 1. The van der Waals surface area contributed by atoms with Gasteiger partial charge in [0.05, 0.1) is 0 Å². The Balaban J connectivity index is 1.47. The molecular weight excluding hydrogens is 332 g/mol. The summed E-state index contributed by atoms with van der Waals surface area (Å²) in [6.45, 7) is 8.09. The number of likely N-dealkylation sites (N-methyl/N-ethyl adjacent to an activating group) is 1. The lowest BCUT2D eigenvalue weighted by Crippen LogP contribution is -2.53. The average Bonchev–Trinajstić information content (AvgIpc) is 3.15. The Labute approximate surface area is 165 Å². The van der Waals surface area contributed by atoms with Gasteiger partial charge in [0.25, 0.3) is 0 Å². The van der Waals surface area contributed by atoms with E-state index in [0.29, 0.717) is 5.54 Å². The maximum atomic E-state index is 3.39. The second-order valence-corrected chi connectivity index (χ2v) is 8.66. The van der Waals surface area contributed by atoms with E-state index < -0.39 is 0 Å². The van der Waals surface area contributed by atoms with Gasteiger partial charge >= 0.3 is 0 Å². The van der Waals surface area contributed by atoms with Crippen LogP contribution in [0.15, 0.2) is 30.5 Å². The molecule has 0 aliphatic carbocycles. The number of rotatable bonds is 9. The summed E-state index contributed by atoms with van der Waals surface area (Å²) in [5.74, 6) is 0. The van der Waals surface area contributed by atoms with Crippen LogP contribution >= 0.6 is 0 Å². The number of nitrogens with one attached hydrogen (secondary N) is 1. The summed E-state index contributed by atoms with van der Waals surface area (Å²) in [6.07, 6.45) is 8.67. The van der Waals surface area contributed by atoms with Gasteiger partial charge in [0.1, 0.15) is 0 Å². The van der Waals surface area contributed by atoms with E-state index in [-0.39, 0.29) is 0 Å². The highest BCUT2D eigenvalue weighted by molar-refractivity contribution is 5.82. The van der Waals surface area contributed by atoms with E-state index in [1.807, 2.05) is 6.20 Å². The van der Waals surface area contributed by atoms with E-state index in [2.05, 4.69) is 72.0 Å². The van der Waals surface area contributed by atoms with Crippen LogP contribution < -0.4 is 0 Å². The lowest BCUT2D eigenvalue weighted by molar-refractivity contribution is 0.0443. The highest BCUT2D eigenvalue weighted by Gasteiger charge is 2.35. The van der Waals surface area contributed by atoms with Gasteiger partial charge < -0.3 is 19.7 Å². The molecule has 2 heterocycles. The van der Waals surface area contributed by atoms with Crippen molar-refractivity contribution in [2.75, 3.05) is 47.3 Å². The molecule has 1 saturated heterocycles. The van der Waals surface area contributed by atoms with Gasteiger partial charge in [-0.05, 0) is 70.5 Å². The maximum Gasteiger partial charge on any atom is 0.0499 e. The Morgan fingerprint density at radius 1 is 1.11 bits per heavy atom. The number of nitrogens with zero attached hydrogens (tertiary/aromatic N) is 3. The van der Waals surface area contributed by atoms with E-state index in [1.165, 1.54) is 68.2 Å². The molecule has 2 aromatic rings. The average molecular weight is 371 g/mol. The quantitative estimate of drug-likeness (QED) is 0.717. The normalized spacial score (nSPS) is 18.0. The Morgan fingerprint density at radius 3 is 2.59 bits per heavy atom. The molecule has 4 heteroatoms. The van der Waals surface area contributed by atoms with Crippen LogP contribution in [0.4, 0.5) is 0 Å². The Kier molecular flexibility index (Phi) is 6.96. The molecule has 1 N–H and O–H groups in total. The largest absolute Gasteiger partial charge is 0.361 e. The number of aromatic amines is 1. The third kappa shape index (κ3) is 4.92. The van der Waals surface area contributed by atoms with Crippen molar-refractivity contribution in [2.24, 2.45) is 0 Å². The van der Waals surface area contributed by atoms with Gasteiger partial charge in [-0.3, -0.25) is 0 Å². The molecule has 1 aliphatic heterocycles. The fraction of sp³-hybridized carbons (Fsp3) is 0.652. The number of aromatic nitrogens is 1. The van der Waals surface area contributed by atoms with Crippen LogP contribution in [0.5, 0.6) is 0 Å². The summed E-state index contributed by atoms with van der Waals surface area (Å²) in [7, 11) is 6.80. The molecule has 1 aliphatic rings. The monoisotopic (exact) mass is 370 g/mol. The summed E-state index contributed by atoms with van der Waals surface area (Å²) < 4.78 is 0. The summed E-state index contributed by atoms with van der Waals surface area (Å²) >= 11 is 0. The van der Waals surface area contributed by atoms with Crippen LogP contribution in [0.2, 0.25) is 0 Å². The first-order valence-corrected chi connectivity index (χ1v) is 10.7. The van der Waals surface area contributed by atoms with Crippen LogP contribution in [0.25, 0.3) is 10.9 Å². The summed E-state index contributed by atoms with van der Waals surface area (Å²) in [4.78, 5) is 11.0. The molecule has 3 rings (SSSR count). The fourth-order valence-electron chi connectivity index (χ4n) is 4.58. The molecule has 150 valence electrons. The van der Waals surface area contributed by atoms with Gasteiger partial charge in [-0.2, -0.15) is 0 Å². The summed E-state index contributed by atoms with van der Waals surface area (Å²) in [5, 5.41) is 1.31. The molecule has 1 aromatic heterocycles. The Hall–Kier alpha value is -1.36. The van der Waals surface area contributed by atoms with Gasteiger partial charge in [-0.1, -0.05) is 38.0 Å². The molecule has 0 amide bonds. The third-order valence-electron chi connectivity index (χ3n) is 6.64. The minimum atomic E-state index is 0.432. The van der Waals surface area contributed by atoms with Crippen LogP contribution in [-0.4, -0.2) is 72.5 Å². The van der Waals surface area contributed by atoms with Crippen molar-refractivity contribution in [3.8, 4) is 0 Å². The molecule has 0 spiro atoms. The fourth-order valence-corrected chi connectivity index (χ4v) is 4.58. The molecule has 0 saturated carbocycles. The molecule has 27 heavy (non-hydrogen) atoms. The number of fused-ring (bicyclic) bond motifs is 1. The van der Waals surface area contributed by atoms with Crippen molar-refractivity contribution >= 4 is 10.9 Å². The first kappa shape index (κ1) is 20.4. The van der Waals surface area contributed by atoms with Crippen LogP contribution in [-0.2, 0) is 6.54 Å². The number of piperidine rings is 1. The van der Waals surface area contributed by atoms with Crippen molar-refractivity contribution in [1.29, 1.82) is 0 Å². The molecular formula is C23H38N4. The molecule has 1 fully saturated rings. The van der Waals surface area contributed by atoms with E-state index >= 15 is 0 Å². The van der Waals surface area contributed by atoms with E-state index in [1.54, 1.807) is 0 Å². The zero-order chi connectivity index (χ0) is 19.3. The molecule has 0 atom stereocenters. The Bertz CT molecular complexity index is 697. The third-order valence-corrected chi connectivity index (χ3v) is 6.64. The molecule has 4 nitrogen and oxygen atoms in total. The zero-order valence-electron chi connectivity index (χ0n) is 17.8. The minimum Gasteiger partial charge on any atom is -0.361 e. The zero-order valence-corrected chi connectivity index (χ0v) is 17.8. The van der Waals surface area contributed by atoms with Crippen LogP contribution in [0.1, 0.15) is 44.6 Å². The minimum absolute atomic E-state index is 0.432. The van der Waals surface area contributed by atoms with Gasteiger partial charge in [0.2, 0.25) is 0 Å². The van der Waals surface area contributed by atoms with Crippen molar-refractivity contribution in [3.05, 3.63) is 36.0 Å². The number of hydrogen-bond acceptors (Lipinski definition) is 3. The van der Waals surface area contributed by atoms with E-state index in [9.17, 15) is 0 Å². The van der Waals surface area contributed by atoms with Crippen LogP contribution in [0, 0.1) is 0 Å². The number of para-hydroxylation sites is 1. The summed E-state index contributed by atoms with van der Waals surface area (Å²) in [5.41, 5.74) is 3.11. The van der Waals surface area contributed by atoms with Gasteiger partial charge in [-0.15, -0.1) is 0 Å². The highest BCUT2D eigenvalue weighted by Crippen LogP contribution is 2.32. The number of unbranched alkanes of at least 4 members (excludes halogenated alkanes) is 1. The van der Waals surface area contributed by atoms with Gasteiger partial charge in [-0.25, -0.2) is 0 Å².